The Bertz CT molecular complexity index is 1030. The van der Waals surface area contributed by atoms with Gasteiger partial charge in [0.25, 0.3) is 0 Å². The van der Waals surface area contributed by atoms with Gasteiger partial charge in [-0.15, -0.1) is 0 Å². The first kappa shape index (κ1) is 55.8. The zero-order valence-corrected chi connectivity index (χ0v) is 39.5. The van der Waals surface area contributed by atoms with Crippen molar-refractivity contribution in [3.8, 4) is 0 Å². The predicted octanol–water partition coefficient (Wildman–Crippen LogP) is 12.1. The van der Waals surface area contributed by atoms with Crippen molar-refractivity contribution in [2.45, 2.75) is 257 Å². The highest BCUT2D eigenvalue weighted by Gasteiger charge is 2.39. The third-order valence-electron chi connectivity index (χ3n) is 11.9. The minimum absolute atomic E-state index is 0.0451. The van der Waals surface area contributed by atoms with E-state index in [0.29, 0.717) is 52.1 Å². The van der Waals surface area contributed by atoms with Crippen molar-refractivity contribution >= 4 is 23.9 Å². The highest BCUT2D eigenvalue weighted by atomic mass is 16.6. The first-order valence-corrected chi connectivity index (χ1v) is 25.4. The summed E-state index contributed by atoms with van der Waals surface area (Å²) in [6.45, 7) is 9.29. The van der Waals surface area contributed by atoms with Gasteiger partial charge in [0.15, 0.2) is 0 Å². The Morgan fingerprint density at radius 3 is 1.55 bits per heavy atom. The number of hydrogen-bond acceptors (Lipinski definition) is 10. The zero-order valence-electron chi connectivity index (χ0n) is 39.5. The van der Waals surface area contributed by atoms with Crippen molar-refractivity contribution in [2.24, 2.45) is 0 Å². The molecule has 1 aliphatic rings. The molecule has 1 saturated heterocycles. The Labute approximate surface area is 368 Å². The summed E-state index contributed by atoms with van der Waals surface area (Å²) in [4.78, 5) is 52.8. The monoisotopic (exact) mass is 851 g/mol. The molecule has 0 spiro atoms. The third kappa shape index (κ3) is 32.5. The standard InChI is InChI=1S/C50H94N2O8/c1-5-8-11-14-17-18-19-23-31-40-57-47(53)35-29-25-30-39-52-43-45(60-49(55)37-38-51-4)42-46(52)50(56)58-41-32-24-22-28-36-48(54)59-44(33-26-20-15-12-9-6-2)34-27-21-16-13-10-7-3/h44-46,51H,5-43H2,1-4H3/t45?,46-/m0/s1. The Balaban J connectivity index is 2.38. The van der Waals surface area contributed by atoms with Crippen molar-refractivity contribution in [3.63, 3.8) is 0 Å². The molecular weight excluding hydrogens is 757 g/mol. The lowest BCUT2D eigenvalue weighted by Gasteiger charge is -2.22. The van der Waals surface area contributed by atoms with Gasteiger partial charge in [0.05, 0.1) is 19.6 Å². The quantitative estimate of drug-likeness (QED) is 0.0361. The number of ether oxygens (including phenoxy) is 4. The molecule has 0 aromatic carbocycles. The number of likely N-dealkylation sites (tertiary alicyclic amines) is 1. The van der Waals surface area contributed by atoms with Crippen LogP contribution >= 0.6 is 0 Å². The molecule has 0 radical (unpaired) electrons. The van der Waals surface area contributed by atoms with Crippen molar-refractivity contribution in [3.05, 3.63) is 0 Å². The largest absolute Gasteiger partial charge is 0.466 e. The maximum Gasteiger partial charge on any atom is 0.323 e. The van der Waals surface area contributed by atoms with Crippen LogP contribution in [0.3, 0.4) is 0 Å². The van der Waals surface area contributed by atoms with Gasteiger partial charge >= 0.3 is 23.9 Å². The molecule has 0 aromatic heterocycles. The number of rotatable bonds is 43. The minimum Gasteiger partial charge on any atom is -0.466 e. The maximum atomic E-state index is 13.3. The molecule has 60 heavy (non-hydrogen) atoms. The Morgan fingerprint density at radius 1 is 0.533 bits per heavy atom. The molecule has 0 saturated carbocycles. The molecule has 1 N–H and O–H groups in total. The van der Waals surface area contributed by atoms with Crippen LogP contribution in [0.15, 0.2) is 0 Å². The first-order valence-electron chi connectivity index (χ1n) is 25.4. The fourth-order valence-electron chi connectivity index (χ4n) is 8.15. The number of nitrogens with zero attached hydrogens (tertiary/aromatic N) is 1. The van der Waals surface area contributed by atoms with E-state index in [1.807, 2.05) is 0 Å². The number of esters is 4. The Hall–Kier alpha value is -2.20. The molecule has 352 valence electrons. The Kier molecular flexibility index (Phi) is 38.0. The molecule has 0 bridgehead atoms. The summed E-state index contributed by atoms with van der Waals surface area (Å²) in [5.41, 5.74) is 0. The van der Waals surface area contributed by atoms with Gasteiger partial charge in [0, 0.05) is 32.4 Å². The summed E-state index contributed by atoms with van der Waals surface area (Å²) in [7, 11) is 1.80. The third-order valence-corrected chi connectivity index (χ3v) is 11.9. The van der Waals surface area contributed by atoms with Gasteiger partial charge in [-0.2, -0.15) is 0 Å². The average Bonchev–Trinajstić information content (AvgIpc) is 3.64. The number of carbonyl (C=O) groups excluding carboxylic acids is 4. The van der Waals surface area contributed by atoms with Crippen molar-refractivity contribution in [2.75, 3.05) is 39.9 Å². The summed E-state index contributed by atoms with van der Waals surface area (Å²) in [5, 5.41) is 2.97. The van der Waals surface area contributed by atoms with Crippen molar-refractivity contribution < 1.29 is 38.1 Å². The molecule has 0 amide bonds. The smallest absolute Gasteiger partial charge is 0.323 e. The van der Waals surface area contributed by atoms with E-state index < -0.39 is 6.04 Å². The van der Waals surface area contributed by atoms with E-state index in [1.165, 1.54) is 109 Å². The molecule has 0 aromatic rings. The minimum atomic E-state index is -0.455. The number of hydrogen-bond donors (Lipinski definition) is 1. The molecule has 1 heterocycles. The molecule has 2 atom stereocenters. The van der Waals surface area contributed by atoms with E-state index in [4.69, 9.17) is 18.9 Å². The summed E-state index contributed by atoms with van der Waals surface area (Å²) in [6.07, 6.45) is 35.0. The van der Waals surface area contributed by atoms with Gasteiger partial charge in [0.1, 0.15) is 18.2 Å². The lowest BCUT2D eigenvalue weighted by Crippen LogP contribution is -2.38. The summed E-state index contributed by atoms with van der Waals surface area (Å²) >= 11 is 0. The van der Waals surface area contributed by atoms with E-state index in [2.05, 4.69) is 31.0 Å². The molecule has 10 heteroatoms. The maximum absolute atomic E-state index is 13.3. The number of unbranched alkanes of at least 4 members (excludes halogenated alkanes) is 23. The summed E-state index contributed by atoms with van der Waals surface area (Å²) < 4.78 is 23.0. The van der Waals surface area contributed by atoms with E-state index in [0.717, 1.165) is 83.5 Å². The van der Waals surface area contributed by atoms with Gasteiger partial charge in [-0.25, -0.2) is 0 Å². The van der Waals surface area contributed by atoms with Crippen LogP contribution in [-0.2, 0) is 38.1 Å². The van der Waals surface area contributed by atoms with Crippen LogP contribution in [0.2, 0.25) is 0 Å². The van der Waals surface area contributed by atoms with Crippen LogP contribution < -0.4 is 5.32 Å². The van der Waals surface area contributed by atoms with Crippen LogP contribution in [0.25, 0.3) is 0 Å². The fraction of sp³-hybridized carbons (Fsp3) is 0.920. The molecule has 1 fully saturated rings. The molecule has 10 nitrogen and oxygen atoms in total. The highest BCUT2D eigenvalue weighted by Crippen LogP contribution is 2.24. The van der Waals surface area contributed by atoms with Crippen LogP contribution in [-0.4, -0.2) is 86.9 Å². The second-order valence-corrected chi connectivity index (χ2v) is 17.6. The summed E-state index contributed by atoms with van der Waals surface area (Å²) in [5.74, 6) is -0.736. The predicted molar refractivity (Wildman–Crippen MR) is 245 cm³/mol. The van der Waals surface area contributed by atoms with Crippen LogP contribution in [0.4, 0.5) is 0 Å². The second-order valence-electron chi connectivity index (χ2n) is 17.6. The fourth-order valence-corrected chi connectivity index (χ4v) is 8.15. The van der Waals surface area contributed by atoms with Gasteiger partial charge in [-0.3, -0.25) is 24.1 Å². The molecular formula is C50H94N2O8. The molecule has 0 aliphatic carbocycles. The number of nitrogens with one attached hydrogen (secondary N) is 1. The van der Waals surface area contributed by atoms with Crippen LogP contribution in [0.5, 0.6) is 0 Å². The second kappa shape index (κ2) is 40.8. The topological polar surface area (TPSA) is 120 Å². The van der Waals surface area contributed by atoms with Gasteiger partial charge in [0.2, 0.25) is 0 Å². The number of carbonyl (C=O) groups is 4. The van der Waals surface area contributed by atoms with E-state index >= 15 is 0 Å². The molecule has 1 aliphatic heterocycles. The van der Waals surface area contributed by atoms with Crippen molar-refractivity contribution in [1.29, 1.82) is 0 Å². The SMILES string of the molecule is CCCCCCCCCCCOC(=O)CCCCCN1CC(OC(=O)CCNC)C[C@H]1C(=O)OCCCCCCC(=O)OC(CCCCCCCC)CCCCCCCC. The zero-order chi connectivity index (χ0) is 43.7. The van der Waals surface area contributed by atoms with Gasteiger partial charge < -0.3 is 24.3 Å². The van der Waals surface area contributed by atoms with Crippen LogP contribution in [0, 0.1) is 0 Å². The summed E-state index contributed by atoms with van der Waals surface area (Å²) in [6, 6.07) is -0.455. The van der Waals surface area contributed by atoms with Gasteiger partial charge in [-0.1, -0.05) is 156 Å². The van der Waals surface area contributed by atoms with Crippen molar-refractivity contribution in [1.82, 2.24) is 10.2 Å². The van der Waals surface area contributed by atoms with E-state index in [1.54, 1.807) is 7.05 Å². The van der Waals surface area contributed by atoms with E-state index in [-0.39, 0.29) is 42.5 Å². The van der Waals surface area contributed by atoms with Crippen LogP contribution in [0.1, 0.15) is 239 Å². The molecule has 1 rings (SSSR count). The molecule has 1 unspecified atom stereocenters. The average molecular weight is 851 g/mol. The van der Waals surface area contributed by atoms with E-state index in [9.17, 15) is 19.2 Å². The lowest BCUT2D eigenvalue weighted by atomic mass is 10.0. The lowest BCUT2D eigenvalue weighted by molar-refractivity contribution is -0.151. The first-order chi connectivity index (χ1) is 29.3. The highest BCUT2D eigenvalue weighted by molar-refractivity contribution is 5.76. The normalized spacial score (nSPS) is 15.4. The van der Waals surface area contributed by atoms with Gasteiger partial charge in [-0.05, 0) is 71.4 Å². The Morgan fingerprint density at radius 2 is 1.00 bits per heavy atom.